The highest BCUT2D eigenvalue weighted by Crippen LogP contribution is 2.37. The SMILES string of the molecule is O=[N+]([O-])c1ccc(NCC(O)c2ccccc2F)cc1C(F)(F)F. The maximum Gasteiger partial charge on any atom is 0.423 e. The predicted octanol–water partition coefficient (Wildman–Crippen LogP) is 3.90. The van der Waals surface area contributed by atoms with Crippen LogP contribution in [0, 0.1) is 15.9 Å². The van der Waals surface area contributed by atoms with Gasteiger partial charge in [0.2, 0.25) is 0 Å². The van der Waals surface area contributed by atoms with E-state index in [0.717, 1.165) is 18.2 Å². The molecule has 1 unspecified atom stereocenters. The smallest absolute Gasteiger partial charge is 0.386 e. The van der Waals surface area contributed by atoms with Gasteiger partial charge < -0.3 is 10.4 Å². The summed E-state index contributed by atoms with van der Waals surface area (Å²) in [5, 5.41) is 23.1. The lowest BCUT2D eigenvalue weighted by Crippen LogP contribution is -2.15. The number of rotatable bonds is 5. The summed E-state index contributed by atoms with van der Waals surface area (Å²) < 4.78 is 52.1. The van der Waals surface area contributed by atoms with Crippen molar-refractivity contribution in [2.45, 2.75) is 12.3 Å². The van der Waals surface area contributed by atoms with Crippen molar-refractivity contribution >= 4 is 11.4 Å². The van der Waals surface area contributed by atoms with Crippen LogP contribution in [-0.4, -0.2) is 16.6 Å². The van der Waals surface area contributed by atoms with Crippen molar-refractivity contribution in [1.29, 1.82) is 0 Å². The van der Waals surface area contributed by atoms with E-state index in [-0.39, 0.29) is 17.8 Å². The van der Waals surface area contributed by atoms with Gasteiger partial charge in [0, 0.05) is 23.9 Å². The normalized spacial score (nSPS) is 12.7. The van der Waals surface area contributed by atoms with Crippen molar-refractivity contribution in [2.24, 2.45) is 0 Å². The Labute approximate surface area is 133 Å². The highest BCUT2D eigenvalue weighted by Gasteiger charge is 2.38. The Morgan fingerprint density at radius 2 is 1.88 bits per heavy atom. The van der Waals surface area contributed by atoms with Gasteiger partial charge in [0.05, 0.1) is 11.0 Å². The summed E-state index contributed by atoms with van der Waals surface area (Å²) in [7, 11) is 0. The Hall–Kier alpha value is -2.68. The van der Waals surface area contributed by atoms with Crippen LogP contribution in [0.1, 0.15) is 17.2 Å². The minimum absolute atomic E-state index is 0.0112. The van der Waals surface area contributed by atoms with Crippen LogP contribution in [0.5, 0.6) is 0 Å². The van der Waals surface area contributed by atoms with E-state index < -0.39 is 34.3 Å². The van der Waals surface area contributed by atoms with Crippen molar-refractivity contribution in [3.8, 4) is 0 Å². The van der Waals surface area contributed by atoms with E-state index in [1.165, 1.54) is 18.2 Å². The van der Waals surface area contributed by atoms with E-state index in [1.54, 1.807) is 0 Å². The summed E-state index contributed by atoms with van der Waals surface area (Å²) in [5.41, 5.74) is -2.56. The van der Waals surface area contributed by atoms with Gasteiger partial charge in [0.25, 0.3) is 5.69 Å². The van der Waals surface area contributed by atoms with Gasteiger partial charge in [-0.15, -0.1) is 0 Å². The van der Waals surface area contributed by atoms with Crippen LogP contribution in [0.15, 0.2) is 42.5 Å². The van der Waals surface area contributed by atoms with Gasteiger partial charge in [0.15, 0.2) is 0 Å². The van der Waals surface area contributed by atoms with E-state index in [2.05, 4.69) is 5.32 Å². The molecule has 2 aromatic rings. The molecule has 2 aromatic carbocycles. The fourth-order valence-corrected chi connectivity index (χ4v) is 2.10. The molecule has 0 fully saturated rings. The maximum absolute atomic E-state index is 13.5. The van der Waals surface area contributed by atoms with Crippen LogP contribution >= 0.6 is 0 Å². The van der Waals surface area contributed by atoms with Crippen molar-refractivity contribution in [3.05, 3.63) is 69.5 Å². The highest BCUT2D eigenvalue weighted by atomic mass is 19.4. The van der Waals surface area contributed by atoms with Gasteiger partial charge in [-0.05, 0) is 18.2 Å². The summed E-state index contributed by atoms with van der Waals surface area (Å²) in [4.78, 5) is 9.55. The third kappa shape index (κ3) is 3.99. The average molecular weight is 344 g/mol. The number of nitrogens with zero attached hydrogens (tertiary/aromatic N) is 1. The van der Waals surface area contributed by atoms with Crippen molar-refractivity contribution in [3.63, 3.8) is 0 Å². The molecule has 128 valence electrons. The summed E-state index contributed by atoms with van der Waals surface area (Å²) in [5.74, 6) is -0.647. The van der Waals surface area contributed by atoms with E-state index in [9.17, 15) is 32.8 Å². The highest BCUT2D eigenvalue weighted by molar-refractivity contribution is 5.55. The standard InChI is InChI=1S/C15H12F4N2O3/c16-12-4-2-1-3-10(12)14(22)8-20-9-5-6-13(21(23)24)11(7-9)15(17,18)19/h1-7,14,20,22H,8H2. The zero-order chi connectivity index (χ0) is 17.9. The molecule has 0 spiro atoms. The number of nitrogens with one attached hydrogen (secondary N) is 1. The molecule has 0 amide bonds. The maximum atomic E-state index is 13.5. The van der Waals surface area contributed by atoms with Gasteiger partial charge in [-0.3, -0.25) is 10.1 Å². The summed E-state index contributed by atoms with van der Waals surface area (Å²) in [6.07, 6.45) is -6.19. The second kappa shape index (κ2) is 6.83. The molecule has 0 radical (unpaired) electrons. The lowest BCUT2D eigenvalue weighted by Gasteiger charge is -2.15. The molecule has 5 nitrogen and oxygen atoms in total. The molecule has 1 atom stereocenters. The first-order valence-electron chi connectivity index (χ1n) is 6.72. The number of nitro groups is 1. The van der Waals surface area contributed by atoms with Crippen LogP contribution < -0.4 is 5.32 Å². The number of hydrogen-bond acceptors (Lipinski definition) is 4. The average Bonchev–Trinajstić information content (AvgIpc) is 2.51. The number of aliphatic hydroxyl groups is 1. The summed E-state index contributed by atoms with van der Waals surface area (Å²) in [6.45, 7) is -0.268. The topological polar surface area (TPSA) is 75.4 Å². The third-order valence-electron chi connectivity index (χ3n) is 3.26. The molecule has 0 aliphatic rings. The lowest BCUT2D eigenvalue weighted by molar-refractivity contribution is -0.388. The van der Waals surface area contributed by atoms with Gasteiger partial charge in [0.1, 0.15) is 11.4 Å². The first-order valence-corrected chi connectivity index (χ1v) is 6.72. The molecule has 0 aliphatic heterocycles. The van der Waals surface area contributed by atoms with Gasteiger partial charge in [-0.1, -0.05) is 18.2 Å². The summed E-state index contributed by atoms with van der Waals surface area (Å²) in [6, 6.07) is 7.82. The second-order valence-electron chi connectivity index (χ2n) is 4.91. The van der Waals surface area contributed by atoms with Crippen LogP contribution in [0.4, 0.5) is 28.9 Å². The Morgan fingerprint density at radius 1 is 1.21 bits per heavy atom. The Morgan fingerprint density at radius 3 is 2.46 bits per heavy atom. The number of halogens is 4. The Bertz CT molecular complexity index is 750. The molecule has 9 heteroatoms. The number of anilines is 1. The molecule has 0 bridgehead atoms. The largest absolute Gasteiger partial charge is 0.423 e. The zero-order valence-electron chi connectivity index (χ0n) is 12.0. The van der Waals surface area contributed by atoms with E-state index in [4.69, 9.17) is 0 Å². The summed E-state index contributed by atoms with van der Waals surface area (Å²) >= 11 is 0. The second-order valence-corrected chi connectivity index (χ2v) is 4.91. The molecule has 0 heterocycles. The predicted molar refractivity (Wildman–Crippen MR) is 77.9 cm³/mol. The molecule has 2 N–H and O–H groups in total. The van der Waals surface area contributed by atoms with E-state index in [0.29, 0.717) is 6.07 Å². The number of hydrogen-bond donors (Lipinski definition) is 2. The molecule has 0 saturated heterocycles. The Kier molecular flexibility index (Phi) is 5.03. The third-order valence-corrected chi connectivity index (χ3v) is 3.26. The molecule has 24 heavy (non-hydrogen) atoms. The molecule has 0 aliphatic carbocycles. The minimum atomic E-state index is -4.90. The molecule has 2 rings (SSSR count). The first-order chi connectivity index (χ1) is 11.2. The van der Waals surface area contributed by atoms with Gasteiger partial charge in [-0.2, -0.15) is 13.2 Å². The quantitative estimate of drug-likeness (QED) is 0.490. The van der Waals surface area contributed by atoms with Crippen molar-refractivity contribution < 1.29 is 27.6 Å². The van der Waals surface area contributed by atoms with Crippen LogP contribution in [-0.2, 0) is 6.18 Å². The first kappa shape index (κ1) is 17.7. The van der Waals surface area contributed by atoms with Crippen LogP contribution in [0.3, 0.4) is 0 Å². The fraction of sp³-hybridized carbons (Fsp3) is 0.200. The van der Waals surface area contributed by atoms with Crippen LogP contribution in [0.25, 0.3) is 0 Å². The number of benzene rings is 2. The monoisotopic (exact) mass is 344 g/mol. The number of alkyl halides is 3. The fourth-order valence-electron chi connectivity index (χ4n) is 2.10. The lowest BCUT2D eigenvalue weighted by atomic mass is 10.1. The molecule has 0 saturated carbocycles. The number of nitro benzene ring substituents is 1. The van der Waals surface area contributed by atoms with Crippen molar-refractivity contribution in [2.75, 3.05) is 11.9 Å². The van der Waals surface area contributed by atoms with E-state index >= 15 is 0 Å². The van der Waals surface area contributed by atoms with Gasteiger partial charge >= 0.3 is 6.18 Å². The molecular formula is C15H12F4N2O3. The Balaban J connectivity index is 2.19. The minimum Gasteiger partial charge on any atom is -0.386 e. The van der Waals surface area contributed by atoms with Crippen LogP contribution in [0.2, 0.25) is 0 Å². The molecule has 0 aromatic heterocycles. The zero-order valence-corrected chi connectivity index (χ0v) is 12.0. The van der Waals surface area contributed by atoms with Crippen molar-refractivity contribution in [1.82, 2.24) is 0 Å². The van der Waals surface area contributed by atoms with Gasteiger partial charge in [-0.25, -0.2) is 4.39 Å². The molecular weight excluding hydrogens is 332 g/mol. The van der Waals surface area contributed by atoms with E-state index in [1.807, 2.05) is 0 Å². The number of aliphatic hydroxyl groups excluding tert-OH is 1.